The average molecular weight is 324 g/mol. The molecule has 0 saturated carbocycles. The van der Waals surface area contributed by atoms with Crippen molar-refractivity contribution in [2.24, 2.45) is 0 Å². The van der Waals surface area contributed by atoms with E-state index in [1.54, 1.807) is 24.4 Å². The zero-order chi connectivity index (χ0) is 17.7. The Morgan fingerprint density at radius 3 is 2.75 bits per heavy atom. The van der Waals surface area contributed by atoms with Gasteiger partial charge in [-0.1, -0.05) is 13.0 Å². The molecule has 0 saturated heterocycles. The van der Waals surface area contributed by atoms with Crippen molar-refractivity contribution in [1.29, 1.82) is 5.26 Å². The molecule has 24 heavy (non-hydrogen) atoms. The van der Waals surface area contributed by atoms with Gasteiger partial charge in [-0.25, -0.2) is 9.78 Å². The van der Waals surface area contributed by atoms with Gasteiger partial charge in [-0.2, -0.15) is 5.26 Å². The van der Waals surface area contributed by atoms with Gasteiger partial charge < -0.3 is 15.7 Å². The van der Waals surface area contributed by atoms with Crippen LogP contribution in [0.15, 0.2) is 30.5 Å². The Bertz CT molecular complexity index is 796. The number of hydrogen-bond acceptors (Lipinski definition) is 5. The van der Waals surface area contributed by atoms with Crippen molar-refractivity contribution in [2.75, 3.05) is 10.6 Å². The highest BCUT2D eigenvalue weighted by Crippen LogP contribution is 2.28. The fourth-order valence-corrected chi connectivity index (χ4v) is 2.20. The molecule has 6 nitrogen and oxygen atoms in total. The summed E-state index contributed by atoms with van der Waals surface area (Å²) < 4.78 is 0. The topological polar surface area (TPSA) is 98.0 Å². The number of aromatic carboxylic acids is 1. The summed E-state index contributed by atoms with van der Waals surface area (Å²) in [7, 11) is 0. The quantitative estimate of drug-likeness (QED) is 0.745. The monoisotopic (exact) mass is 324 g/mol. The van der Waals surface area contributed by atoms with Crippen LogP contribution >= 0.6 is 0 Å². The zero-order valence-electron chi connectivity index (χ0n) is 13.9. The second kappa shape index (κ2) is 7.47. The number of pyridine rings is 1. The predicted molar refractivity (Wildman–Crippen MR) is 93.7 cm³/mol. The second-order valence-corrected chi connectivity index (χ2v) is 5.61. The number of carboxylic acid groups (broad SMARTS) is 1. The summed E-state index contributed by atoms with van der Waals surface area (Å²) in [5.74, 6) is -0.735. The summed E-state index contributed by atoms with van der Waals surface area (Å²) >= 11 is 0. The number of nitrogens with one attached hydrogen (secondary N) is 2. The minimum Gasteiger partial charge on any atom is -0.477 e. The van der Waals surface area contributed by atoms with Crippen LogP contribution in [0.2, 0.25) is 0 Å². The standard InChI is InChI=1S/C18H20N4O2/c1-4-12(3)21-17-16(18(23)24)14(7-8-20-17)22-15-9-13(10-19)6-5-11(15)2/h5-9,12H,4H2,1-3H3,(H,23,24)(H2,20,21,22). The lowest BCUT2D eigenvalue weighted by atomic mass is 10.1. The van der Waals surface area contributed by atoms with Gasteiger partial charge in [0.2, 0.25) is 0 Å². The largest absolute Gasteiger partial charge is 0.477 e. The van der Waals surface area contributed by atoms with E-state index in [0.717, 1.165) is 12.0 Å². The van der Waals surface area contributed by atoms with Crippen molar-refractivity contribution < 1.29 is 9.90 Å². The molecule has 2 rings (SSSR count). The lowest BCUT2D eigenvalue weighted by molar-refractivity contribution is 0.0698. The highest BCUT2D eigenvalue weighted by Gasteiger charge is 2.18. The highest BCUT2D eigenvalue weighted by molar-refractivity contribution is 6.00. The third-order valence-electron chi connectivity index (χ3n) is 3.80. The van der Waals surface area contributed by atoms with Crippen molar-refractivity contribution in [3.63, 3.8) is 0 Å². The molecule has 0 aliphatic carbocycles. The van der Waals surface area contributed by atoms with Gasteiger partial charge in [0.25, 0.3) is 0 Å². The molecule has 0 amide bonds. The van der Waals surface area contributed by atoms with E-state index in [1.807, 2.05) is 26.8 Å². The first-order valence-electron chi connectivity index (χ1n) is 7.72. The average Bonchev–Trinajstić information content (AvgIpc) is 2.56. The Morgan fingerprint density at radius 2 is 2.12 bits per heavy atom. The van der Waals surface area contributed by atoms with Crippen LogP contribution in [0.25, 0.3) is 0 Å². The number of carboxylic acids is 1. The molecule has 1 atom stereocenters. The Kier molecular flexibility index (Phi) is 5.38. The van der Waals surface area contributed by atoms with Crippen molar-refractivity contribution in [1.82, 2.24) is 4.98 Å². The molecule has 124 valence electrons. The summed E-state index contributed by atoms with van der Waals surface area (Å²) in [5.41, 5.74) is 2.63. The number of hydrogen-bond donors (Lipinski definition) is 3. The number of anilines is 3. The number of aromatic nitrogens is 1. The minimum absolute atomic E-state index is 0.0829. The summed E-state index contributed by atoms with van der Waals surface area (Å²) in [4.78, 5) is 15.9. The van der Waals surface area contributed by atoms with Gasteiger partial charge >= 0.3 is 5.97 Å². The molecular formula is C18H20N4O2. The summed E-state index contributed by atoms with van der Waals surface area (Å²) in [6, 6.07) is 9.04. The number of aryl methyl sites for hydroxylation is 1. The van der Waals surface area contributed by atoms with Crippen LogP contribution in [0.4, 0.5) is 17.2 Å². The number of nitrogens with zero attached hydrogens (tertiary/aromatic N) is 2. The predicted octanol–water partition coefficient (Wildman–Crippen LogP) is 3.91. The maximum absolute atomic E-state index is 11.7. The molecule has 1 aromatic carbocycles. The lowest BCUT2D eigenvalue weighted by Gasteiger charge is -2.17. The maximum Gasteiger partial charge on any atom is 0.341 e. The molecule has 1 aromatic heterocycles. The first-order chi connectivity index (χ1) is 11.5. The van der Waals surface area contributed by atoms with Gasteiger partial charge in [0.1, 0.15) is 11.4 Å². The fourth-order valence-electron chi connectivity index (χ4n) is 2.20. The Labute approximate surface area is 141 Å². The first-order valence-corrected chi connectivity index (χ1v) is 7.72. The zero-order valence-corrected chi connectivity index (χ0v) is 13.9. The SMILES string of the molecule is CCC(C)Nc1nccc(Nc2cc(C#N)ccc2C)c1C(=O)O. The van der Waals surface area contributed by atoms with Crippen molar-refractivity contribution >= 4 is 23.2 Å². The normalized spacial score (nSPS) is 11.4. The van der Waals surface area contributed by atoms with E-state index in [1.165, 1.54) is 0 Å². The lowest BCUT2D eigenvalue weighted by Crippen LogP contribution is -2.18. The Morgan fingerprint density at radius 1 is 1.38 bits per heavy atom. The van der Waals surface area contributed by atoms with E-state index in [-0.39, 0.29) is 11.6 Å². The number of nitriles is 1. The molecule has 0 aliphatic rings. The first kappa shape index (κ1) is 17.3. The second-order valence-electron chi connectivity index (χ2n) is 5.61. The van der Waals surface area contributed by atoms with Crippen LogP contribution in [0.1, 0.15) is 41.8 Å². The van der Waals surface area contributed by atoms with Crippen LogP contribution < -0.4 is 10.6 Å². The van der Waals surface area contributed by atoms with Crippen LogP contribution in [-0.2, 0) is 0 Å². The summed E-state index contributed by atoms with van der Waals surface area (Å²) in [6.45, 7) is 5.87. The molecule has 1 unspecified atom stereocenters. The number of rotatable bonds is 6. The van der Waals surface area contributed by atoms with E-state index >= 15 is 0 Å². The molecule has 0 aliphatic heterocycles. The van der Waals surface area contributed by atoms with E-state index in [4.69, 9.17) is 5.26 Å². The third-order valence-corrected chi connectivity index (χ3v) is 3.80. The van der Waals surface area contributed by atoms with Gasteiger partial charge in [0.15, 0.2) is 0 Å². The van der Waals surface area contributed by atoms with Crippen molar-refractivity contribution in [2.45, 2.75) is 33.2 Å². The molecule has 0 fully saturated rings. The Balaban J connectivity index is 2.45. The molecule has 2 aromatic rings. The van der Waals surface area contributed by atoms with Gasteiger partial charge in [-0.15, -0.1) is 0 Å². The smallest absolute Gasteiger partial charge is 0.341 e. The van der Waals surface area contributed by atoms with Gasteiger partial charge in [0, 0.05) is 17.9 Å². The van der Waals surface area contributed by atoms with E-state index < -0.39 is 5.97 Å². The molecule has 0 bridgehead atoms. The molecule has 0 radical (unpaired) electrons. The summed E-state index contributed by atoms with van der Waals surface area (Å²) in [6.07, 6.45) is 2.41. The van der Waals surface area contributed by atoms with Crippen molar-refractivity contribution in [3.8, 4) is 6.07 Å². The summed E-state index contributed by atoms with van der Waals surface area (Å²) in [5, 5.41) is 24.9. The maximum atomic E-state index is 11.7. The Hall–Kier alpha value is -3.07. The number of carbonyl (C=O) groups is 1. The van der Waals surface area contributed by atoms with E-state index in [2.05, 4.69) is 21.7 Å². The van der Waals surface area contributed by atoms with Crippen LogP contribution in [0.3, 0.4) is 0 Å². The molecule has 1 heterocycles. The van der Waals surface area contributed by atoms with Crippen LogP contribution in [0.5, 0.6) is 0 Å². The van der Waals surface area contributed by atoms with Gasteiger partial charge in [-0.05, 0) is 44.0 Å². The minimum atomic E-state index is -1.06. The fraction of sp³-hybridized carbons (Fsp3) is 0.278. The van der Waals surface area contributed by atoms with Gasteiger partial charge in [-0.3, -0.25) is 0 Å². The highest BCUT2D eigenvalue weighted by atomic mass is 16.4. The van der Waals surface area contributed by atoms with Crippen LogP contribution in [-0.4, -0.2) is 22.1 Å². The number of benzene rings is 1. The van der Waals surface area contributed by atoms with Crippen molar-refractivity contribution in [3.05, 3.63) is 47.2 Å². The van der Waals surface area contributed by atoms with E-state index in [0.29, 0.717) is 22.8 Å². The molecule has 6 heteroatoms. The molecule has 3 N–H and O–H groups in total. The van der Waals surface area contributed by atoms with E-state index in [9.17, 15) is 9.90 Å². The molecular weight excluding hydrogens is 304 g/mol. The van der Waals surface area contributed by atoms with Crippen LogP contribution in [0, 0.1) is 18.3 Å². The van der Waals surface area contributed by atoms with Gasteiger partial charge in [0.05, 0.1) is 17.3 Å². The third kappa shape index (κ3) is 3.82. The molecule has 0 spiro atoms.